The predicted molar refractivity (Wildman–Crippen MR) is 309 cm³/mol. The minimum atomic E-state index is -3.99. The molecule has 424 valence electrons. The highest BCUT2D eigenvalue weighted by atomic mass is 32.2. The third kappa shape index (κ3) is 11.4. The first-order valence-corrected chi connectivity index (χ1v) is 32.0. The summed E-state index contributed by atoms with van der Waals surface area (Å²) in [5.41, 5.74) is 7.04. The van der Waals surface area contributed by atoms with Gasteiger partial charge in [-0.3, -0.25) is 19.4 Å². The van der Waals surface area contributed by atoms with E-state index >= 15 is 0 Å². The number of carbonyl (C=O) groups excluding carboxylic acids is 2. The number of piperidine rings is 2. The van der Waals surface area contributed by atoms with Crippen LogP contribution in [0, 0.1) is 0 Å². The van der Waals surface area contributed by atoms with Crippen LogP contribution < -0.4 is 10.6 Å². The summed E-state index contributed by atoms with van der Waals surface area (Å²) >= 11 is 0. The summed E-state index contributed by atoms with van der Waals surface area (Å²) in [5.74, 6) is -1.47. The number of nitrogens with one attached hydrogen (secondary N) is 2. The summed E-state index contributed by atoms with van der Waals surface area (Å²) in [6, 6.07) is 37.0. The molecule has 80 heavy (non-hydrogen) atoms. The minimum absolute atomic E-state index is 0.0944. The van der Waals surface area contributed by atoms with Crippen molar-refractivity contribution in [3.8, 4) is 0 Å². The number of likely N-dealkylation sites (tertiary alicyclic amines) is 2. The van der Waals surface area contributed by atoms with Gasteiger partial charge in [-0.25, -0.2) is 16.8 Å². The van der Waals surface area contributed by atoms with E-state index in [1.165, 1.54) is 72.9 Å². The van der Waals surface area contributed by atoms with E-state index in [1.54, 1.807) is 24.3 Å². The van der Waals surface area contributed by atoms with Crippen molar-refractivity contribution in [1.82, 2.24) is 20.4 Å². The fourth-order valence-corrected chi connectivity index (χ4v) is 17.4. The molecule has 14 nitrogen and oxygen atoms in total. The third-order valence-electron chi connectivity index (χ3n) is 18.2. The topological polar surface area (TPSA) is 214 Å². The maximum atomic E-state index is 13.7. The molecule has 12 rings (SSSR count). The van der Waals surface area contributed by atoms with E-state index in [2.05, 4.69) is 56.8 Å². The van der Waals surface area contributed by atoms with Gasteiger partial charge in [0.05, 0.1) is 21.9 Å². The number of aliphatic hydroxyl groups excluding tert-OH is 4. The average molecular weight is 1130 g/mol. The summed E-state index contributed by atoms with van der Waals surface area (Å²) in [7, 11) is -7.98. The fourth-order valence-electron chi connectivity index (χ4n) is 13.2. The highest BCUT2D eigenvalue weighted by molar-refractivity contribution is 7.93. The maximum absolute atomic E-state index is 13.7. The number of aliphatic hydroxyl groups is 4. The van der Waals surface area contributed by atoms with Crippen molar-refractivity contribution in [3.05, 3.63) is 155 Å². The van der Waals surface area contributed by atoms with E-state index in [9.17, 15) is 46.9 Å². The van der Waals surface area contributed by atoms with Gasteiger partial charge in [-0.15, -0.1) is 0 Å². The van der Waals surface area contributed by atoms with Gasteiger partial charge in [0.15, 0.2) is 31.9 Å². The molecule has 2 heterocycles. The Bertz CT molecular complexity index is 3250. The van der Waals surface area contributed by atoms with E-state index in [1.807, 2.05) is 48.5 Å². The van der Waals surface area contributed by atoms with Crippen molar-refractivity contribution in [1.29, 1.82) is 0 Å². The Hall–Kier alpha value is -5.56. The predicted octanol–water partition coefficient (Wildman–Crippen LogP) is 8.10. The zero-order valence-electron chi connectivity index (χ0n) is 45.5. The van der Waals surface area contributed by atoms with Gasteiger partial charge < -0.3 is 31.1 Å². The third-order valence-corrected chi connectivity index (χ3v) is 23.4. The van der Waals surface area contributed by atoms with E-state index in [-0.39, 0.29) is 47.6 Å². The van der Waals surface area contributed by atoms with Gasteiger partial charge in [-0.1, -0.05) is 110 Å². The molecule has 16 heteroatoms. The number of hydrogen-bond donors (Lipinski definition) is 6. The van der Waals surface area contributed by atoms with Gasteiger partial charge >= 0.3 is 0 Å². The van der Waals surface area contributed by atoms with Crippen LogP contribution in [-0.2, 0) is 55.2 Å². The number of hydrogen-bond acceptors (Lipinski definition) is 12. The van der Waals surface area contributed by atoms with Crippen molar-refractivity contribution < 1.29 is 46.9 Å². The fraction of sp³-hybridized carbons (Fsp3) is 0.469. The number of aryl methyl sites for hydroxylation is 2. The molecule has 6 aromatic rings. The van der Waals surface area contributed by atoms with Crippen LogP contribution in [-0.4, -0.2) is 119 Å². The van der Waals surface area contributed by atoms with Crippen LogP contribution in [0.25, 0.3) is 21.5 Å². The SMILES string of the molecule is O=C(N[C@@H]1CCCc2cc(CN3CCCCC3)ccc21)[C@@H](O)[C@H](O)C1(S(=O)(=O)c2ccc3ccccc3c2)CC1.O=C(N[C@@H]1CCCc2cc(CN3CCCCC3)ccc21)[C@H](O)[C@@H](O)C1(S(=O)(=O)c2ccc3ccccc3c2)CC1. The van der Waals surface area contributed by atoms with E-state index < -0.39 is 65.4 Å². The van der Waals surface area contributed by atoms with Gasteiger partial charge in [0, 0.05) is 13.1 Å². The molecule has 6 aliphatic rings. The standard InChI is InChI=1S/2C32H38N2O5S/c2*35-29(30(36)32(15-16-32)40(38,39)26-13-12-23-7-2-3-8-24(23)20-26)31(37)33-28-10-6-9-25-19-22(11-14-27(25)28)21-34-17-4-1-5-18-34/h2*2-3,7-8,11-14,19-20,28-30,35-36H,1,4-6,9-10,15-18,21H2,(H,33,37)/t28-,29+,30+;28-,29-,30-/m11/s1. The molecule has 0 unspecified atom stereocenters. The number of rotatable bonds is 16. The Morgan fingerprint density at radius 2 is 0.850 bits per heavy atom. The first kappa shape index (κ1) is 56.3. The van der Waals surface area contributed by atoms with Crippen molar-refractivity contribution >= 4 is 53.0 Å². The Morgan fingerprint density at radius 1 is 0.475 bits per heavy atom. The molecular weight excluding hydrogens is 1050 g/mol. The largest absolute Gasteiger partial charge is 0.388 e. The molecule has 0 radical (unpaired) electrons. The molecule has 2 saturated carbocycles. The molecule has 6 N–H and O–H groups in total. The zero-order valence-corrected chi connectivity index (χ0v) is 47.1. The Balaban J connectivity index is 0.000000169. The average Bonchev–Trinajstić information content (AvgIpc) is 4.62. The second-order valence-electron chi connectivity index (χ2n) is 23.6. The normalized spacial score (nSPS) is 22.3. The first-order chi connectivity index (χ1) is 38.6. The molecule has 0 aromatic heterocycles. The molecule has 2 aliphatic heterocycles. The van der Waals surface area contributed by atoms with E-state index in [0.29, 0.717) is 0 Å². The molecule has 2 amide bonds. The number of benzene rings is 6. The highest BCUT2D eigenvalue weighted by Gasteiger charge is 2.64. The monoisotopic (exact) mass is 1120 g/mol. The van der Waals surface area contributed by atoms with Crippen LogP contribution in [0.15, 0.2) is 131 Å². The Labute approximate surface area is 470 Å². The van der Waals surface area contributed by atoms with Crippen LogP contribution >= 0.6 is 0 Å². The lowest BCUT2D eigenvalue weighted by atomic mass is 9.86. The molecule has 6 atom stereocenters. The number of fused-ring (bicyclic) bond motifs is 4. The quantitative estimate of drug-likeness (QED) is 0.0543. The smallest absolute Gasteiger partial charge is 0.252 e. The van der Waals surface area contributed by atoms with Crippen LogP contribution in [0.5, 0.6) is 0 Å². The van der Waals surface area contributed by atoms with E-state index in [0.717, 1.165) is 110 Å². The number of nitrogens with zero attached hydrogens (tertiary/aromatic N) is 2. The van der Waals surface area contributed by atoms with Crippen molar-refractivity contribution in [2.24, 2.45) is 0 Å². The second kappa shape index (κ2) is 23.4. The summed E-state index contributed by atoms with van der Waals surface area (Å²) in [5, 5.41) is 53.3. The Kier molecular flexibility index (Phi) is 16.4. The van der Waals surface area contributed by atoms with Gasteiger partial charge in [0.25, 0.3) is 11.8 Å². The van der Waals surface area contributed by atoms with Crippen molar-refractivity contribution in [2.75, 3.05) is 26.2 Å². The number of amides is 2. The van der Waals surface area contributed by atoms with Gasteiger partial charge in [-0.05, 0) is 195 Å². The molecule has 4 fully saturated rings. The molecule has 4 aliphatic carbocycles. The van der Waals surface area contributed by atoms with Crippen LogP contribution in [0.1, 0.15) is 135 Å². The summed E-state index contributed by atoms with van der Waals surface area (Å²) < 4.78 is 51.5. The zero-order chi connectivity index (χ0) is 55.8. The molecule has 0 spiro atoms. The number of carbonyl (C=O) groups is 2. The van der Waals surface area contributed by atoms with Crippen molar-refractivity contribution in [3.63, 3.8) is 0 Å². The lowest BCUT2D eigenvalue weighted by Gasteiger charge is -2.31. The molecular formula is C64H76N4O10S2. The van der Waals surface area contributed by atoms with E-state index in [4.69, 9.17) is 0 Å². The van der Waals surface area contributed by atoms with Crippen molar-refractivity contribution in [2.45, 2.75) is 172 Å². The first-order valence-electron chi connectivity index (χ1n) is 29.0. The van der Waals surface area contributed by atoms with Gasteiger partial charge in [0.1, 0.15) is 21.7 Å². The molecule has 6 aromatic carbocycles. The molecule has 2 saturated heterocycles. The van der Waals surface area contributed by atoms with Crippen LogP contribution in [0.4, 0.5) is 0 Å². The highest BCUT2D eigenvalue weighted by Crippen LogP contribution is 2.52. The lowest BCUT2D eigenvalue weighted by Crippen LogP contribution is -2.51. The summed E-state index contributed by atoms with van der Waals surface area (Å²) in [4.78, 5) is 31.5. The van der Waals surface area contributed by atoms with Crippen LogP contribution in [0.3, 0.4) is 0 Å². The minimum Gasteiger partial charge on any atom is -0.388 e. The summed E-state index contributed by atoms with van der Waals surface area (Å²) in [6.45, 7) is 6.40. The van der Waals surface area contributed by atoms with Gasteiger partial charge in [0.2, 0.25) is 0 Å². The van der Waals surface area contributed by atoms with Crippen LogP contribution in [0.2, 0.25) is 0 Å². The Morgan fingerprint density at radius 3 is 1.23 bits per heavy atom. The lowest BCUT2D eigenvalue weighted by molar-refractivity contribution is -0.137. The maximum Gasteiger partial charge on any atom is 0.252 e. The van der Waals surface area contributed by atoms with Gasteiger partial charge in [-0.2, -0.15) is 0 Å². The summed E-state index contributed by atoms with van der Waals surface area (Å²) in [6.07, 6.45) is 6.39. The second-order valence-corrected chi connectivity index (χ2v) is 28.2. The molecule has 0 bridgehead atoms. The number of sulfone groups is 2.